The number of carbonyl (C=O) groups is 1. The molecule has 1 aromatic rings. The Morgan fingerprint density at radius 2 is 2.15 bits per heavy atom. The number of nitrogens with one attached hydrogen (secondary N) is 1. The Labute approximate surface area is 121 Å². The maximum Gasteiger partial charge on any atom is 0.265 e. The highest BCUT2D eigenvalue weighted by Crippen LogP contribution is 2.31. The fourth-order valence-electron chi connectivity index (χ4n) is 2.63. The second kappa shape index (κ2) is 7.29. The van der Waals surface area contributed by atoms with Crippen LogP contribution in [0.25, 0.3) is 0 Å². The van der Waals surface area contributed by atoms with Gasteiger partial charge in [0.25, 0.3) is 5.91 Å². The lowest BCUT2D eigenvalue weighted by molar-refractivity contribution is -0.121. The first kappa shape index (κ1) is 14.9. The molecule has 0 aromatic heterocycles. The van der Waals surface area contributed by atoms with Crippen LogP contribution in [0.4, 0.5) is 5.69 Å². The van der Waals surface area contributed by atoms with Crippen LogP contribution in [0.3, 0.4) is 0 Å². The van der Waals surface area contributed by atoms with Gasteiger partial charge in [0.05, 0.1) is 5.69 Å². The minimum atomic E-state index is 0.0557. The first-order valence-corrected chi connectivity index (χ1v) is 7.51. The second-order valence-corrected chi connectivity index (χ2v) is 5.11. The highest BCUT2D eigenvalue weighted by molar-refractivity contribution is 5.97. The lowest BCUT2D eigenvalue weighted by atomic mass is 10.1. The molecule has 0 aliphatic carbocycles. The summed E-state index contributed by atoms with van der Waals surface area (Å²) in [6.07, 6.45) is 3.23. The van der Waals surface area contributed by atoms with Gasteiger partial charge in [0, 0.05) is 12.6 Å². The number of para-hydroxylation sites is 2. The summed E-state index contributed by atoms with van der Waals surface area (Å²) in [6, 6.07) is 8.30. The number of anilines is 1. The van der Waals surface area contributed by atoms with E-state index < -0.39 is 0 Å². The molecule has 1 aromatic carbocycles. The molecule has 0 spiro atoms. The van der Waals surface area contributed by atoms with E-state index in [2.05, 4.69) is 19.2 Å². The minimum absolute atomic E-state index is 0.0557. The molecule has 4 nitrogen and oxygen atoms in total. The highest BCUT2D eigenvalue weighted by atomic mass is 16.5. The predicted molar refractivity (Wildman–Crippen MR) is 81.3 cm³/mol. The van der Waals surface area contributed by atoms with Crippen LogP contribution < -0.4 is 15.0 Å². The van der Waals surface area contributed by atoms with Crippen LogP contribution >= 0.6 is 0 Å². The standard InChI is InChI=1S/C16H24N2O2/c1-3-13(17-4-2)8-7-11-18-14-9-5-6-10-15(14)20-12-16(18)19/h5-6,9-10,13,17H,3-4,7-8,11-12H2,1-2H3. The third-order valence-electron chi connectivity index (χ3n) is 3.73. The van der Waals surface area contributed by atoms with Crippen molar-refractivity contribution in [2.24, 2.45) is 0 Å². The maximum atomic E-state index is 12.0. The first-order chi connectivity index (χ1) is 9.76. The van der Waals surface area contributed by atoms with Crippen LogP contribution in [0.1, 0.15) is 33.1 Å². The van der Waals surface area contributed by atoms with Gasteiger partial charge in [-0.3, -0.25) is 4.79 Å². The molecule has 0 saturated heterocycles. The molecule has 0 saturated carbocycles. The van der Waals surface area contributed by atoms with E-state index in [9.17, 15) is 4.79 Å². The quantitative estimate of drug-likeness (QED) is 0.832. The fourth-order valence-corrected chi connectivity index (χ4v) is 2.63. The van der Waals surface area contributed by atoms with Crippen molar-refractivity contribution in [3.63, 3.8) is 0 Å². The zero-order chi connectivity index (χ0) is 14.4. The van der Waals surface area contributed by atoms with Gasteiger partial charge in [0.1, 0.15) is 5.75 Å². The number of amides is 1. The highest BCUT2D eigenvalue weighted by Gasteiger charge is 2.24. The smallest absolute Gasteiger partial charge is 0.265 e. The molecule has 1 unspecified atom stereocenters. The van der Waals surface area contributed by atoms with Crippen LogP contribution in [0.2, 0.25) is 0 Å². The molecular weight excluding hydrogens is 252 g/mol. The van der Waals surface area contributed by atoms with Gasteiger partial charge < -0.3 is 15.0 Å². The van der Waals surface area contributed by atoms with Gasteiger partial charge in [0.15, 0.2) is 6.61 Å². The normalized spacial score (nSPS) is 15.7. The lowest BCUT2D eigenvalue weighted by Gasteiger charge is -2.29. The van der Waals surface area contributed by atoms with E-state index in [-0.39, 0.29) is 12.5 Å². The summed E-state index contributed by atoms with van der Waals surface area (Å²) < 4.78 is 5.45. The van der Waals surface area contributed by atoms with Crippen LogP contribution in [0.5, 0.6) is 5.75 Å². The molecule has 1 heterocycles. The van der Waals surface area contributed by atoms with E-state index >= 15 is 0 Å². The molecule has 2 rings (SSSR count). The largest absolute Gasteiger partial charge is 0.482 e. The summed E-state index contributed by atoms with van der Waals surface area (Å²) >= 11 is 0. The minimum Gasteiger partial charge on any atom is -0.482 e. The maximum absolute atomic E-state index is 12.0. The summed E-state index contributed by atoms with van der Waals surface area (Å²) in [4.78, 5) is 13.9. The van der Waals surface area contributed by atoms with Gasteiger partial charge >= 0.3 is 0 Å². The Balaban J connectivity index is 1.93. The van der Waals surface area contributed by atoms with Crippen molar-refractivity contribution in [3.8, 4) is 5.75 Å². The van der Waals surface area contributed by atoms with Gasteiger partial charge in [-0.2, -0.15) is 0 Å². The predicted octanol–water partition coefficient (Wildman–Crippen LogP) is 2.58. The van der Waals surface area contributed by atoms with Gasteiger partial charge in [-0.25, -0.2) is 0 Å². The van der Waals surface area contributed by atoms with E-state index in [1.807, 2.05) is 29.2 Å². The van der Waals surface area contributed by atoms with Crippen LogP contribution in [0.15, 0.2) is 24.3 Å². The van der Waals surface area contributed by atoms with Crippen LogP contribution in [-0.2, 0) is 4.79 Å². The van der Waals surface area contributed by atoms with E-state index in [4.69, 9.17) is 4.74 Å². The van der Waals surface area contributed by atoms with Gasteiger partial charge in [-0.1, -0.05) is 26.0 Å². The van der Waals surface area contributed by atoms with Crippen molar-refractivity contribution in [2.45, 2.75) is 39.2 Å². The molecule has 1 N–H and O–H groups in total. The molecule has 1 aliphatic heterocycles. The second-order valence-electron chi connectivity index (χ2n) is 5.11. The Morgan fingerprint density at radius 1 is 1.35 bits per heavy atom. The topological polar surface area (TPSA) is 41.6 Å². The summed E-state index contributed by atoms with van der Waals surface area (Å²) in [5, 5.41) is 3.47. The van der Waals surface area contributed by atoms with E-state index in [0.29, 0.717) is 6.04 Å². The molecule has 1 amide bonds. The van der Waals surface area contributed by atoms with Gasteiger partial charge in [-0.05, 0) is 37.9 Å². The Bertz CT molecular complexity index is 448. The van der Waals surface area contributed by atoms with Crippen molar-refractivity contribution in [1.29, 1.82) is 0 Å². The molecular formula is C16H24N2O2. The van der Waals surface area contributed by atoms with Crippen molar-refractivity contribution in [1.82, 2.24) is 5.32 Å². The molecule has 4 heteroatoms. The third-order valence-corrected chi connectivity index (χ3v) is 3.73. The molecule has 0 bridgehead atoms. The SMILES string of the molecule is CCNC(CC)CCCN1C(=O)COc2ccccc21. The number of carbonyl (C=O) groups excluding carboxylic acids is 1. The van der Waals surface area contributed by atoms with Crippen molar-refractivity contribution >= 4 is 11.6 Å². The number of hydrogen-bond acceptors (Lipinski definition) is 3. The fraction of sp³-hybridized carbons (Fsp3) is 0.562. The Morgan fingerprint density at radius 3 is 2.90 bits per heavy atom. The molecule has 0 radical (unpaired) electrons. The Hall–Kier alpha value is -1.55. The van der Waals surface area contributed by atoms with Gasteiger partial charge in [0.2, 0.25) is 0 Å². The molecule has 1 atom stereocenters. The summed E-state index contributed by atoms with van der Waals surface area (Å²) in [5.74, 6) is 0.867. The van der Waals surface area contributed by atoms with E-state index in [0.717, 1.165) is 43.8 Å². The summed E-state index contributed by atoms with van der Waals surface area (Å²) in [5.41, 5.74) is 0.903. The molecule has 1 aliphatic rings. The zero-order valence-electron chi connectivity index (χ0n) is 12.4. The van der Waals surface area contributed by atoms with E-state index in [1.165, 1.54) is 0 Å². The third kappa shape index (κ3) is 3.51. The van der Waals surface area contributed by atoms with Crippen molar-refractivity contribution < 1.29 is 9.53 Å². The average molecular weight is 276 g/mol. The van der Waals surface area contributed by atoms with Crippen LogP contribution in [-0.4, -0.2) is 31.6 Å². The lowest BCUT2D eigenvalue weighted by Crippen LogP contribution is -2.40. The zero-order valence-corrected chi connectivity index (χ0v) is 12.4. The first-order valence-electron chi connectivity index (χ1n) is 7.51. The number of ether oxygens (including phenoxy) is 1. The molecule has 0 fully saturated rings. The summed E-state index contributed by atoms with van der Waals surface area (Å²) in [6.45, 7) is 6.24. The summed E-state index contributed by atoms with van der Waals surface area (Å²) in [7, 11) is 0. The molecule has 20 heavy (non-hydrogen) atoms. The average Bonchev–Trinajstić information content (AvgIpc) is 2.48. The number of fused-ring (bicyclic) bond motifs is 1. The molecule has 110 valence electrons. The number of hydrogen-bond donors (Lipinski definition) is 1. The van der Waals surface area contributed by atoms with Gasteiger partial charge in [-0.15, -0.1) is 0 Å². The Kier molecular flexibility index (Phi) is 5.41. The van der Waals surface area contributed by atoms with Crippen molar-refractivity contribution in [2.75, 3.05) is 24.6 Å². The number of nitrogens with zero attached hydrogens (tertiary/aromatic N) is 1. The monoisotopic (exact) mass is 276 g/mol. The number of rotatable bonds is 7. The number of benzene rings is 1. The van der Waals surface area contributed by atoms with Crippen LogP contribution in [0, 0.1) is 0 Å². The van der Waals surface area contributed by atoms with Crippen molar-refractivity contribution in [3.05, 3.63) is 24.3 Å². The van der Waals surface area contributed by atoms with E-state index in [1.54, 1.807) is 0 Å².